The van der Waals surface area contributed by atoms with Crippen molar-refractivity contribution in [3.8, 4) is 10.4 Å². The molecule has 0 saturated heterocycles. The molecule has 0 aliphatic carbocycles. The lowest BCUT2D eigenvalue weighted by Crippen LogP contribution is -2.45. The van der Waals surface area contributed by atoms with Crippen LogP contribution in [0.5, 0.6) is 0 Å². The zero-order valence-electron chi connectivity index (χ0n) is 20.8. The summed E-state index contributed by atoms with van der Waals surface area (Å²) < 4.78 is 1.80. The number of hydrogen-bond acceptors (Lipinski definition) is 6. The van der Waals surface area contributed by atoms with Crippen LogP contribution in [0.4, 0.5) is 0 Å². The Morgan fingerprint density at radius 1 is 1.03 bits per heavy atom. The van der Waals surface area contributed by atoms with Gasteiger partial charge in [0.2, 0.25) is 0 Å². The molecule has 0 bridgehead atoms. The summed E-state index contributed by atoms with van der Waals surface area (Å²) in [5.41, 5.74) is 3.61. The second-order valence-corrected chi connectivity index (χ2v) is 10.9. The number of rotatable bonds is 8. The van der Waals surface area contributed by atoms with E-state index < -0.39 is 0 Å². The lowest BCUT2D eigenvalue weighted by atomic mass is 10.1. The molecule has 9 heteroatoms. The predicted octanol–water partition coefficient (Wildman–Crippen LogP) is 5.60. The summed E-state index contributed by atoms with van der Waals surface area (Å²) in [4.78, 5) is 39.7. The standard InChI is InChI=1S/C28H27N5O2S2/c1-18(16-29-26(34)24-19(2)30-28-32(24)14-15-36-28)33(17-21-10-6-4-7-11-21)27(35)23-25(37-20(3)31-23)22-12-8-5-9-13-22/h4-15,18H,16-17H2,1-3H3,(H,29,34)/t18-/m0/s1. The third-order valence-corrected chi connectivity index (χ3v) is 7.95. The van der Waals surface area contributed by atoms with Crippen molar-refractivity contribution in [2.45, 2.75) is 33.4 Å². The van der Waals surface area contributed by atoms with Crippen LogP contribution in [0, 0.1) is 13.8 Å². The number of aryl methyl sites for hydroxylation is 2. The molecule has 1 N–H and O–H groups in total. The molecule has 37 heavy (non-hydrogen) atoms. The summed E-state index contributed by atoms with van der Waals surface area (Å²) in [6, 6.07) is 19.5. The number of hydrogen-bond donors (Lipinski definition) is 1. The number of nitrogens with one attached hydrogen (secondary N) is 1. The third-order valence-electron chi connectivity index (χ3n) is 6.17. The summed E-state index contributed by atoms with van der Waals surface area (Å²) in [5.74, 6) is -0.369. The number of nitrogens with zero attached hydrogens (tertiary/aromatic N) is 4. The molecule has 0 spiro atoms. The number of carbonyl (C=O) groups excluding carboxylic acids is 2. The minimum absolute atomic E-state index is 0.158. The normalized spacial score (nSPS) is 12.0. The first-order valence-electron chi connectivity index (χ1n) is 12.0. The zero-order chi connectivity index (χ0) is 25.9. The highest BCUT2D eigenvalue weighted by Crippen LogP contribution is 2.31. The number of aromatic nitrogens is 3. The van der Waals surface area contributed by atoms with Gasteiger partial charge in [0.25, 0.3) is 11.8 Å². The quantitative estimate of drug-likeness (QED) is 0.284. The molecule has 0 unspecified atom stereocenters. The van der Waals surface area contributed by atoms with E-state index in [1.165, 1.54) is 22.7 Å². The van der Waals surface area contributed by atoms with Crippen LogP contribution in [-0.4, -0.2) is 43.7 Å². The lowest BCUT2D eigenvalue weighted by molar-refractivity contribution is 0.0660. The predicted molar refractivity (Wildman–Crippen MR) is 148 cm³/mol. The third kappa shape index (κ3) is 5.19. The highest BCUT2D eigenvalue weighted by Gasteiger charge is 2.28. The van der Waals surface area contributed by atoms with Crippen molar-refractivity contribution in [2.75, 3.05) is 6.54 Å². The van der Waals surface area contributed by atoms with E-state index in [0.29, 0.717) is 23.6 Å². The van der Waals surface area contributed by atoms with Gasteiger partial charge in [-0.1, -0.05) is 60.7 Å². The Morgan fingerprint density at radius 2 is 1.73 bits per heavy atom. The molecule has 0 aliphatic rings. The van der Waals surface area contributed by atoms with Crippen molar-refractivity contribution in [3.05, 3.63) is 99.9 Å². The summed E-state index contributed by atoms with van der Waals surface area (Å²) in [7, 11) is 0. The maximum Gasteiger partial charge on any atom is 0.274 e. The molecular formula is C28H27N5O2S2. The van der Waals surface area contributed by atoms with Gasteiger partial charge in [-0.05, 0) is 31.9 Å². The summed E-state index contributed by atoms with van der Waals surface area (Å²) in [5, 5.41) is 5.76. The maximum atomic E-state index is 14.0. The Kier molecular flexibility index (Phi) is 7.16. The minimum Gasteiger partial charge on any atom is -0.349 e. The first-order valence-corrected chi connectivity index (χ1v) is 13.7. The molecule has 2 aromatic carbocycles. The number of amides is 2. The molecule has 5 aromatic rings. The number of benzene rings is 2. The fourth-order valence-corrected chi connectivity index (χ4v) is 5.98. The summed E-state index contributed by atoms with van der Waals surface area (Å²) in [6.07, 6.45) is 1.85. The van der Waals surface area contributed by atoms with Gasteiger partial charge in [-0.2, -0.15) is 0 Å². The first kappa shape index (κ1) is 24.9. The van der Waals surface area contributed by atoms with E-state index in [1.54, 1.807) is 9.30 Å². The Labute approximate surface area is 223 Å². The first-order chi connectivity index (χ1) is 17.9. The van der Waals surface area contributed by atoms with Crippen LogP contribution < -0.4 is 5.32 Å². The van der Waals surface area contributed by atoms with E-state index in [2.05, 4.69) is 15.3 Å². The summed E-state index contributed by atoms with van der Waals surface area (Å²) >= 11 is 3.00. The highest BCUT2D eigenvalue weighted by atomic mass is 32.1. The van der Waals surface area contributed by atoms with E-state index in [9.17, 15) is 9.59 Å². The van der Waals surface area contributed by atoms with Gasteiger partial charge in [0.15, 0.2) is 4.96 Å². The molecule has 0 saturated carbocycles. The van der Waals surface area contributed by atoms with Crippen molar-refractivity contribution in [1.82, 2.24) is 24.6 Å². The smallest absolute Gasteiger partial charge is 0.274 e. The minimum atomic E-state index is -0.284. The SMILES string of the molecule is Cc1nc(C(=O)N(Cc2ccccc2)[C@@H](C)CNC(=O)c2c(C)nc3sccn23)c(-c2ccccc2)s1. The van der Waals surface area contributed by atoms with Gasteiger partial charge in [-0.25, -0.2) is 9.97 Å². The molecule has 1 atom stereocenters. The molecule has 188 valence electrons. The maximum absolute atomic E-state index is 14.0. The van der Waals surface area contributed by atoms with Gasteiger partial charge in [0.1, 0.15) is 11.4 Å². The van der Waals surface area contributed by atoms with Crippen LogP contribution in [0.2, 0.25) is 0 Å². The van der Waals surface area contributed by atoms with Crippen LogP contribution in [-0.2, 0) is 6.54 Å². The number of carbonyl (C=O) groups is 2. The monoisotopic (exact) mass is 529 g/mol. The Hall–Kier alpha value is -3.82. The number of imidazole rings is 1. The molecular weight excluding hydrogens is 502 g/mol. The average molecular weight is 530 g/mol. The zero-order valence-corrected chi connectivity index (χ0v) is 22.5. The molecule has 5 rings (SSSR count). The Balaban J connectivity index is 1.41. The molecule has 2 amide bonds. The van der Waals surface area contributed by atoms with E-state index >= 15 is 0 Å². The van der Waals surface area contributed by atoms with Gasteiger partial charge in [0, 0.05) is 30.7 Å². The second-order valence-electron chi connectivity index (χ2n) is 8.86. The second kappa shape index (κ2) is 10.7. The van der Waals surface area contributed by atoms with E-state index in [4.69, 9.17) is 0 Å². The van der Waals surface area contributed by atoms with Crippen LogP contribution in [0.15, 0.2) is 72.2 Å². The average Bonchev–Trinajstić information content (AvgIpc) is 3.60. The molecule has 0 aliphatic heterocycles. The summed E-state index contributed by atoms with van der Waals surface area (Å²) in [6.45, 7) is 6.39. The van der Waals surface area contributed by atoms with Gasteiger partial charge < -0.3 is 10.2 Å². The lowest BCUT2D eigenvalue weighted by Gasteiger charge is -2.29. The van der Waals surface area contributed by atoms with Gasteiger partial charge >= 0.3 is 0 Å². The largest absolute Gasteiger partial charge is 0.349 e. The molecule has 7 nitrogen and oxygen atoms in total. The van der Waals surface area contributed by atoms with Crippen LogP contribution in [0.3, 0.4) is 0 Å². The number of fused-ring (bicyclic) bond motifs is 1. The van der Waals surface area contributed by atoms with E-state index in [-0.39, 0.29) is 24.4 Å². The Bertz CT molecular complexity index is 1540. The number of thiazole rings is 2. The van der Waals surface area contributed by atoms with Crippen molar-refractivity contribution in [3.63, 3.8) is 0 Å². The highest BCUT2D eigenvalue weighted by molar-refractivity contribution is 7.15. The molecule has 3 aromatic heterocycles. The van der Waals surface area contributed by atoms with Crippen molar-refractivity contribution < 1.29 is 9.59 Å². The van der Waals surface area contributed by atoms with Gasteiger partial charge in [-0.3, -0.25) is 14.0 Å². The van der Waals surface area contributed by atoms with Gasteiger partial charge in [-0.15, -0.1) is 22.7 Å². The molecule has 0 radical (unpaired) electrons. The van der Waals surface area contributed by atoms with Crippen LogP contribution in [0.1, 0.15) is 44.2 Å². The van der Waals surface area contributed by atoms with Crippen LogP contribution in [0.25, 0.3) is 15.4 Å². The van der Waals surface area contributed by atoms with Crippen molar-refractivity contribution >= 4 is 39.4 Å². The van der Waals surface area contributed by atoms with Crippen molar-refractivity contribution in [2.24, 2.45) is 0 Å². The van der Waals surface area contributed by atoms with Crippen LogP contribution >= 0.6 is 22.7 Å². The fraction of sp³-hybridized carbons (Fsp3) is 0.214. The Morgan fingerprint density at radius 3 is 2.46 bits per heavy atom. The topological polar surface area (TPSA) is 79.6 Å². The van der Waals surface area contributed by atoms with E-state index in [1.807, 2.05) is 93.0 Å². The molecule has 3 heterocycles. The fourth-order valence-electron chi connectivity index (χ4n) is 4.30. The molecule has 0 fully saturated rings. The van der Waals surface area contributed by atoms with Crippen molar-refractivity contribution in [1.29, 1.82) is 0 Å². The van der Waals surface area contributed by atoms with E-state index in [0.717, 1.165) is 26.0 Å². The van der Waals surface area contributed by atoms with Gasteiger partial charge in [0.05, 0.1) is 15.6 Å².